The lowest BCUT2D eigenvalue weighted by atomic mass is 9.89. The Morgan fingerprint density at radius 3 is 0.850 bits per heavy atom. The number of nitrogens with one attached hydrogen (secondary N) is 2. The van der Waals surface area contributed by atoms with E-state index in [1.807, 2.05) is 0 Å². The van der Waals surface area contributed by atoms with Gasteiger partial charge in [0.2, 0.25) is 0 Å². The van der Waals surface area contributed by atoms with Gasteiger partial charge in [-0.05, 0) is 38.5 Å². The summed E-state index contributed by atoms with van der Waals surface area (Å²) in [5.41, 5.74) is 0.712. The topological polar surface area (TPSA) is 24.1 Å². The third kappa shape index (κ3) is 7.49. The van der Waals surface area contributed by atoms with Crippen molar-refractivity contribution in [1.82, 2.24) is 10.6 Å². The van der Waals surface area contributed by atoms with Crippen LogP contribution in [0.3, 0.4) is 0 Å². The standard InChI is InChI=1S/C16H36N2.2ClH/c1-7-15(8-2,9-3)17-13-14-18-16(10-4,11-5)12-6;;/h17-18H,7-14H2,1-6H3;2*1H. The molecule has 0 atom stereocenters. The molecule has 0 aliphatic carbocycles. The van der Waals surface area contributed by atoms with Crippen LogP contribution in [0.1, 0.15) is 80.1 Å². The average molecular weight is 329 g/mol. The zero-order chi connectivity index (χ0) is 14.1. The SMILES string of the molecule is CCC(CC)(CC)NCCNC(CC)(CC)CC.Cl.Cl. The highest BCUT2D eigenvalue weighted by molar-refractivity contribution is 5.85. The zero-order valence-corrected chi connectivity index (χ0v) is 16.1. The molecule has 20 heavy (non-hydrogen) atoms. The van der Waals surface area contributed by atoms with Gasteiger partial charge in [-0.1, -0.05) is 41.5 Å². The molecule has 0 bridgehead atoms. The molecule has 0 aliphatic heterocycles. The minimum absolute atomic E-state index is 0. The minimum Gasteiger partial charge on any atom is -0.310 e. The van der Waals surface area contributed by atoms with E-state index in [9.17, 15) is 0 Å². The van der Waals surface area contributed by atoms with Gasteiger partial charge in [0.05, 0.1) is 0 Å². The summed E-state index contributed by atoms with van der Waals surface area (Å²) in [6.07, 6.45) is 7.34. The Labute approximate surface area is 140 Å². The van der Waals surface area contributed by atoms with E-state index in [0.717, 1.165) is 13.1 Å². The van der Waals surface area contributed by atoms with Crippen LogP contribution in [0.25, 0.3) is 0 Å². The van der Waals surface area contributed by atoms with E-state index >= 15 is 0 Å². The van der Waals surface area contributed by atoms with Gasteiger partial charge in [-0.2, -0.15) is 0 Å². The van der Waals surface area contributed by atoms with Crippen molar-refractivity contribution in [3.05, 3.63) is 0 Å². The van der Waals surface area contributed by atoms with E-state index in [2.05, 4.69) is 52.2 Å². The fourth-order valence-corrected chi connectivity index (χ4v) is 2.91. The van der Waals surface area contributed by atoms with Gasteiger partial charge in [0.15, 0.2) is 0 Å². The maximum atomic E-state index is 3.76. The predicted octanol–water partition coefficient (Wildman–Crippen LogP) is 4.95. The lowest BCUT2D eigenvalue weighted by Gasteiger charge is -2.35. The number of halogens is 2. The number of hydrogen-bond donors (Lipinski definition) is 2. The first-order chi connectivity index (χ1) is 8.57. The average Bonchev–Trinajstić information content (AvgIpc) is 2.45. The summed E-state index contributed by atoms with van der Waals surface area (Å²) in [6.45, 7) is 15.9. The molecule has 2 nitrogen and oxygen atoms in total. The summed E-state index contributed by atoms with van der Waals surface area (Å²) >= 11 is 0. The van der Waals surface area contributed by atoms with E-state index in [1.165, 1.54) is 38.5 Å². The Bertz CT molecular complexity index is 164. The zero-order valence-electron chi connectivity index (χ0n) is 14.5. The molecule has 0 aromatic carbocycles. The molecule has 0 amide bonds. The van der Waals surface area contributed by atoms with Crippen LogP contribution >= 0.6 is 24.8 Å². The fraction of sp³-hybridized carbons (Fsp3) is 1.00. The van der Waals surface area contributed by atoms with Gasteiger partial charge in [-0.25, -0.2) is 0 Å². The Morgan fingerprint density at radius 1 is 0.500 bits per heavy atom. The highest BCUT2D eigenvalue weighted by Crippen LogP contribution is 2.20. The van der Waals surface area contributed by atoms with Gasteiger partial charge in [-0.15, -0.1) is 24.8 Å². The Hall–Kier alpha value is 0.500. The largest absolute Gasteiger partial charge is 0.310 e. The first-order valence-electron chi connectivity index (χ1n) is 8.07. The third-order valence-corrected chi connectivity index (χ3v) is 5.19. The molecule has 0 saturated carbocycles. The van der Waals surface area contributed by atoms with Crippen molar-refractivity contribution in [2.45, 2.75) is 91.1 Å². The van der Waals surface area contributed by atoms with Crippen LogP contribution in [0.4, 0.5) is 0 Å². The summed E-state index contributed by atoms with van der Waals surface area (Å²) < 4.78 is 0. The molecular weight excluding hydrogens is 291 g/mol. The second-order valence-electron chi connectivity index (χ2n) is 5.54. The third-order valence-electron chi connectivity index (χ3n) is 5.19. The molecule has 0 rings (SSSR count). The van der Waals surface area contributed by atoms with Crippen molar-refractivity contribution >= 4 is 24.8 Å². The van der Waals surface area contributed by atoms with Gasteiger partial charge < -0.3 is 10.6 Å². The van der Waals surface area contributed by atoms with Gasteiger partial charge in [-0.3, -0.25) is 0 Å². The van der Waals surface area contributed by atoms with Gasteiger partial charge in [0.25, 0.3) is 0 Å². The first kappa shape index (κ1) is 25.5. The van der Waals surface area contributed by atoms with Crippen molar-refractivity contribution in [3.63, 3.8) is 0 Å². The molecule has 126 valence electrons. The highest BCUT2D eigenvalue weighted by Gasteiger charge is 2.24. The smallest absolute Gasteiger partial charge is 0.0174 e. The Morgan fingerprint density at radius 2 is 0.700 bits per heavy atom. The number of rotatable bonds is 11. The summed E-state index contributed by atoms with van der Waals surface area (Å²) in [5.74, 6) is 0. The first-order valence-corrected chi connectivity index (χ1v) is 8.07. The molecule has 4 heteroatoms. The molecular formula is C16H38Cl2N2. The summed E-state index contributed by atoms with van der Waals surface area (Å²) in [7, 11) is 0. The van der Waals surface area contributed by atoms with Crippen LogP contribution < -0.4 is 10.6 Å². The van der Waals surface area contributed by atoms with Crippen LogP contribution in [0.15, 0.2) is 0 Å². The minimum atomic E-state index is 0. The van der Waals surface area contributed by atoms with Crippen molar-refractivity contribution in [1.29, 1.82) is 0 Å². The van der Waals surface area contributed by atoms with Gasteiger partial charge in [0.1, 0.15) is 0 Å². The second-order valence-corrected chi connectivity index (χ2v) is 5.54. The molecule has 0 aromatic rings. The van der Waals surface area contributed by atoms with Gasteiger partial charge >= 0.3 is 0 Å². The van der Waals surface area contributed by atoms with Crippen LogP contribution in [0, 0.1) is 0 Å². The lowest BCUT2D eigenvalue weighted by Crippen LogP contribution is -2.50. The maximum Gasteiger partial charge on any atom is 0.0174 e. The molecule has 0 unspecified atom stereocenters. The number of hydrogen-bond acceptors (Lipinski definition) is 2. The Balaban J connectivity index is -0.00000144. The molecule has 0 spiro atoms. The monoisotopic (exact) mass is 328 g/mol. The second kappa shape index (κ2) is 13.2. The van der Waals surface area contributed by atoms with Gasteiger partial charge in [0, 0.05) is 24.2 Å². The van der Waals surface area contributed by atoms with E-state index in [4.69, 9.17) is 0 Å². The van der Waals surface area contributed by atoms with E-state index in [0.29, 0.717) is 11.1 Å². The highest BCUT2D eigenvalue weighted by atomic mass is 35.5. The summed E-state index contributed by atoms with van der Waals surface area (Å²) in [4.78, 5) is 0. The lowest BCUT2D eigenvalue weighted by molar-refractivity contribution is 0.260. The normalized spacial score (nSPS) is 11.7. The molecule has 0 fully saturated rings. The van der Waals surface area contributed by atoms with Crippen molar-refractivity contribution in [3.8, 4) is 0 Å². The Kier molecular flexibility index (Phi) is 16.8. The molecule has 0 aliphatic rings. The van der Waals surface area contributed by atoms with Crippen LogP contribution in [0.5, 0.6) is 0 Å². The molecule has 0 radical (unpaired) electrons. The molecule has 0 aromatic heterocycles. The van der Waals surface area contributed by atoms with Crippen LogP contribution in [0.2, 0.25) is 0 Å². The summed E-state index contributed by atoms with van der Waals surface area (Å²) in [6, 6.07) is 0. The fourth-order valence-electron chi connectivity index (χ4n) is 2.91. The van der Waals surface area contributed by atoms with Crippen molar-refractivity contribution < 1.29 is 0 Å². The quantitative estimate of drug-likeness (QED) is 0.524. The van der Waals surface area contributed by atoms with Crippen molar-refractivity contribution in [2.75, 3.05) is 13.1 Å². The maximum absolute atomic E-state index is 3.76. The van der Waals surface area contributed by atoms with E-state index < -0.39 is 0 Å². The van der Waals surface area contributed by atoms with E-state index in [1.54, 1.807) is 0 Å². The molecule has 2 N–H and O–H groups in total. The molecule has 0 heterocycles. The predicted molar refractivity (Wildman–Crippen MR) is 97.7 cm³/mol. The van der Waals surface area contributed by atoms with E-state index in [-0.39, 0.29) is 24.8 Å². The summed E-state index contributed by atoms with van der Waals surface area (Å²) in [5, 5.41) is 7.53. The van der Waals surface area contributed by atoms with Crippen LogP contribution in [-0.4, -0.2) is 24.2 Å². The molecule has 0 saturated heterocycles. The van der Waals surface area contributed by atoms with Crippen LogP contribution in [-0.2, 0) is 0 Å². The van der Waals surface area contributed by atoms with Crippen molar-refractivity contribution in [2.24, 2.45) is 0 Å².